The molecular weight excluding hydrogens is 330 g/mol. The van der Waals surface area contributed by atoms with Gasteiger partial charge < -0.3 is 0 Å². The highest BCUT2D eigenvalue weighted by atomic mass is 16.2. The van der Waals surface area contributed by atoms with Crippen molar-refractivity contribution in [3.05, 3.63) is 70.0 Å². The third-order valence-corrected chi connectivity index (χ3v) is 4.41. The Morgan fingerprint density at radius 3 is 2.54 bits per heavy atom. The number of carbonyl (C=O) groups excluding carboxylic acids is 2. The summed E-state index contributed by atoms with van der Waals surface area (Å²) in [6, 6.07) is 14.5. The largest absolute Gasteiger partial charge is 0.295 e. The summed E-state index contributed by atoms with van der Waals surface area (Å²) < 4.78 is 1.50. The monoisotopic (exact) mass is 345 g/mol. The van der Waals surface area contributed by atoms with Crippen molar-refractivity contribution in [2.75, 3.05) is 0 Å². The normalized spacial score (nSPS) is 15.7. The molecule has 1 fully saturated rings. The standard InChI is InChI=1S/C20H15N3O3/c1-23-18(21-16-9-5-4-8-15(16)20(23)26)14-7-3-2-6-12(14)10-13-11-17(24)22-19(13)25/h2-10H,11H2,1H3,(H,22,24,25)/b13-10+. The number of hydrogen-bond acceptors (Lipinski definition) is 4. The van der Waals surface area contributed by atoms with Gasteiger partial charge in [-0.2, -0.15) is 0 Å². The molecule has 4 rings (SSSR count). The number of carbonyl (C=O) groups is 2. The number of nitrogens with zero attached hydrogens (tertiary/aromatic N) is 2. The molecule has 1 aliphatic rings. The molecule has 0 atom stereocenters. The van der Waals surface area contributed by atoms with E-state index >= 15 is 0 Å². The van der Waals surface area contributed by atoms with E-state index in [0.717, 1.165) is 11.1 Å². The number of benzene rings is 2. The number of hydrogen-bond donors (Lipinski definition) is 1. The molecule has 0 radical (unpaired) electrons. The van der Waals surface area contributed by atoms with E-state index in [1.807, 2.05) is 30.3 Å². The quantitative estimate of drug-likeness (QED) is 0.569. The highest BCUT2D eigenvalue weighted by Gasteiger charge is 2.24. The zero-order chi connectivity index (χ0) is 18.3. The van der Waals surface area contributed by atoms with E-state index in [4.69, 9.17) is 0 Å². The molecule has 1 saturated heterocycles. The molecule has 1 aliphatic heterocycles. The number of amides is 2. The maximum absolute atomic E-state index is 12.7. The van der Waals surface area contributed by atoms with Gasteiger partial charge >= 0.3 is 0 Å². The molecule has 3 aromatic rings. The Morgan fingerprint density at radius 1 is 1.04 bits per heavy atom. The van der Waals surface area contributed by atoms with Gasteiger partial charge in [-0.15, -0.1) is 0 Å². The second-order valence-corrected chi connectivity index (χ2v) is 6.13. The predicted octanol–water partition coefficient (Wildman–Crippen LogP) is 2.03. The van der Waals surface area contributed by atoms with Gasteiger partial charge in [-0.3, -0.25) is 24.3 Å². The molecule has 2 aromatic carbocycles. The maximum Gasteiger partial charge on any atom is 0.261 e. The Hall–Kier alpha value is -3.54. The number of nitrogens with one attached hydrogen (secondary N) is 1. The first-order valence-electron chi connectivity index (χ1n) is 8.14. The van der Waals surface area contributed by atoms with E-state index in [9.17, 15) is 14.4 Å². The van der Waals surface area contributed by atoms with Crippen LogP contribution in [-0.2, 0) is 16.6 Å². The summed E-state index contributed by atoms with van der Waals surface area (Å²) in [5.74, 6) is -0.189. The molecule has 6 heteroatoms. The van der Waals surface area contributed by atoms with Gasteiger partial charge in [-0.25, -0.2) is 4.98 Å². The average molecular weight is 345 g/mol. The topological polar surface area (TPSA) is 81.1 Å². The van der Waals surface area contributed by atoms with Gasteiger partial charge in [0.1, 0.15) is 5.82 Å². The van der Waals surface area contributed by atoms with Gasteiger partial charge in [-0.05, 0) is 23.8 Å². The number of fused-ring (bicyclic) bond motifs is 1. The Kier molecular flexibility index (Phi) is 3.73. The fourth-order valence-corrected chi connectivity index (χ4v) is 3.09. The van der Waals surface area contributed by atoms with E-state index in [1.54, 1.807) is 31.3 Å². The third-order valence-electron chi connectivity index (χ3n) is 4.41. The van der Waals surface area contributed by atoms with Gasteiger partial charge in [0, 0.05) is 18.2 Å². The highest BCUT2D eigenvalue weighted by molar-refractivity contribution is 6.15. The summed E-state index contributed by atoms with van der Waals surface area (Å²) in [6.07, 6.45) is 1.73. The van der Waals surface area contributed by atoms with Crippen molar-refractivity contribution < 1.29 is 9.59 Å². The smallest absolute Gasteiger partial charge is 0.261 e. The highest BCUT2D eigenvalue weighted by Crippen LogP contribution is 2.25. The third kappa shape index (κ3) is 2.61. The van der Waals surface area contributed by atoms with Crippen LogP contribution in [-0.4, -0.2) is 21.4 Å². The second kappa shape index (κ2) is 6.07. The first kappa shape index (κ1) is 16.0. The molecule has 128 valence electrons. The lowest BCUT2D eigenvalue weighted by molar-refractivity contribution is -0.124. The van der Waals surface area contributed by atoms with E-state index in [-0.39, 0.29) is 23.8 Å². The van der Waals surface area contributed by atoms with Crippen LogP contribution in [0.3, 0.4) is 0 Å². The molecule has 0 saturated carbocycles. The van der Waals surface area contributed by atoms with E-state index in [2.05, 4.69) is 10.3 Å². The maximum atomic E-state index is 12.7. The van der Waals surface area contributed by atoms with Gasteiger partial charge in [0.25, 0.3) is 11.5 Å². The summed E-state index contributed by atoms with van der Waals surface area (Å²) in [6.45, 7) is 0. The van der Waals surface area contributed by atoms with Crippen molar-refractivity contribution in [3.63, 3.8) is 0 Å². The Bertz CT molecular complexity index is 1160. The van der Waals surface area contributed by atoms with Crippen LogP contribution in [0.4, 0.5) is 0 Å². The lowest BCUT2D eigenvalue weighted by Gasteiger charge is -2.12. The van der Waals surface area contributed by atoms with E-state index in [1.165, 1.54) is 4.57 Å². The minimum absolute atomic E-state index is 0.0528. The lowest BCUT2D eigenvalue weighted by Crippen LogP contribution is -2.20. The summed E-state index contributed by atoms with van der Waals surface area (Å²) in [5.41, 5.74) is 2.32. The molecule has 1 N–H and O–H groups in total. The van der Waals surface area contributed by atoms with Crippen LogP contribution in [0.25, 0.3) is 28.4 Å². The lowest BCUT2D eigenvalue weighted by atomic mass is 10.0. The first-order chi connectivity index (χ1) is 12.5. The minimum Gasteiger partial charge on any atom is -0.295 e. The van der Waals surface area contributed by atoms with Gasteiger partial charge in [-0.1, -0.05) is 36.4 Å². The summed E-state index contributed by atoms with van der Waals surface area (Å²) in [4.78, 5) is 40.6. The fourth-order valence-electron chi connectivity index (χ4n) is 3.09. The molecule has 6 nitrogen and oxygen atoms in total. The van der Waals surface area contributed by atoms with Crippen molar-refractivity contribution in [1.82, 2.24) is 14.9 Å². The minimum atomic E-state index is -0.384. The number of aromatic nitrogens is 2. The van der Waals surface area contributed by atoms with Crippen molar-refractivity contribution in [2.24, 2.45) is 7.05 Å². The van der Waals surface area contributed by atoms with E-state index < -0.39 is 0 Å². The van der Waals surface area contributed by atoms with Crippen LogP contribution in [0, 0.1) is 0 Å². The van der Waals surface area contributed by atoms with Crippen molar-refractivity contribution >= 4 is 28.8 Å². The van der Waals surface area contributed by atoms with Crippen LogP contribution in [0.2, 0.25) is 0 Å². The molecule has 0 bridgehead atoms. The van der Waals surface area contributed by atoms with Gasteiger partial charge in [0.2, 0.25) is 5.91 Å². The zero-order valence-corrected chi connectivity index (χ0v) is 14.0. The Labute approximate surface area is 148 Å². The molecule has 2 heterocycles. The molecule has 2 amide bonds. The van der Waals surface area contributed by atoms with Crippen molar-refractivity contribution in [3.8, 4) is 11.4 Å². The summed E-state index contributed by atoms with van der Waals surface area (Å²) >= 11 is 0. The van der Waals surface area contributed by atoms with Crippen molar-refractivity contribution in [1.29, 1.82) is 0 Å². The summed E-state index contributed by atoms with van der Waals surface area (Å²) in [7, 11) is 1.67. The Balaban J connectivity index is 1.93. The van der Waals surface area contributed by atoms with Crippen LogP contribution in [0.15, 0.2) is 58.9 Å². The summed E-state index contributed by atoms with van der Waals surface area (Å²) in [5, 5.41) is 2.83. The molecular formula is C20H15N3O3. The van der Waals surface area contributed by atoms with Crippen molar-refractivity contribution in [2.45, 2.75) is 6.42 Å². The van der Waals surface area contributed by atoms with Crippen LogP contribution >= 0.6 is 0 Å². The van der Waals surface area contributed by atoms with Crippen LogP contribution < -0.4 is 10.9 Å². The number of rotatable bonds is 2. The van der Waals surface area contributed by atoms with Crippen LogP contribution in [0.1, 0.15) is 12.0 Å². The Morgan fingerprint density at radius 2 is 1.77 bits per heavy atom. The number of imide groups is 1. The molecule has 0 spiro atoms. The molecule has 0 aliphatic carbocycles. The van der Waals surface area contributed by atoms with Crippen LogP contribution in [0.5, 0.6) is 0 Å². The van der Waals surface area contributed by atoms with E-state index in [0.29, 0.717) is 22.3 Å². The fraction of sp³-hybridized carbons (Fsp3) is 0.100. The van der Waals surface area contributed by atoms with Gasteiger partial charge in [0.05, 0.1) is 17.3 Å². The molecule has 0 unspecified atom stereocenters. The zero-order valence-electron chi connectivity index (χ0n) is 14.0. The number of para-hydroxylation sites is 1. The molecule has 26 heavy (non-hydrogen) atoms. The average Bonchev–Trinajstić information content (AvgIpc) is 2.96. The van der Waals surface area contributed by atoms with Gasteiger partial charge in [0.15, 0.2) is 0 Å². The first-order valence-corrected chi connectivity index (χ1v) is 8.14. The molecule has 1 aromatic heterocycles. The predicted molar refractivity (Wildman–Crippen MR) is 98.2 cm³/mol. The second-order valence-electron chi connectivity index (χ2n) is 6.13. The SMILES string of the molecule is Cn1c(-c2ccccc2/C=C2\CC(=O)NC2=O)nc2ccccc2c1=O.